The van der Waals surface area contributed by atoms with E-state index in [0.29, 0.717) is 23.8 Å². The number of pyridine rings is 1. The molecule has 32 heavy (non-hydrogen) atoms. The van der Waals surface area contributed by atoms with Crippen LogP contribution in [0.25, 0.3) is 0 Å². The molecule has 2 aromatic rings. The fraction of sp³-hybridized carbons (Fsp3) is 0.520. The Balaban J connectivity index is 1.88. The van der Waals surface area contributed by atoms with E-state index in [1.807, 2.05) is 12.1 Å². The molecule has 0 aliphatic carbocycles. The number of hydrogen-bond donors (Lipinski definition) is 1. The SMILES string of the molecule is COC(=O)C(CCCCNC(c1ccc(Cl)cn1)C(C)C)CC(OC)c1ccc(F)cc1. The van der Waals surface area contributed by atoms with Gasteiger partial charge in [0.15, 0.2) is 0 Å². The van der Waals surface area contributed by atoms with Crippen LogP contribution in [0, 0.1) is 17.7 Å². The van der Waals surface area contributed by atoms with Crippen molar-refractivity contribution in [3.8, 4) is 0 Å². The van der Waals surface area contributed by atoms with E-state index in [1.54, 1.807) is 25.4 Å². The van der Waals surface area contributed by atoms with Crippen LogP contribution in [-0.4, -0.2) is 31.7 Å². The maximum atomic E-state index is 13.2. The van der Waals surface area contributed by atoms with Gasteiger partial charge >= 0.3 is 5.97 Å². The molecule has 1 aromatic carbocycles. The second-order valence-electron chi connectivity index (χ2n) is 8.30. The van der Waals surface area contributed by atoms with Crippen LogP contribution >= 0.6 is 11.6 Å². The Morgan fingerprint density at radius 1 is 1.12 bits per heavy atom. The van der Waals surface area contributed by atoms with Gasteiger partial charge in [0.25, 0.3) is 0 Å². The number of esters is 1. The number of aromatic nitrogens is 1. The molecule has 0 saturated carbocycles. The Morgan fingerprint density at radius 3 is 2.41 bits per heavy atom. The zero-order valence-corrected chi connectivity index (χ0v) is 20.1. The van der Waals surface area contributed by atoms with Crippen LogP contribution < -0.4 is 5.32 Å². The Hall–Kier alpha value is -2.02. The fourth-order valence-corrected chi connectivity index (χ4v) is 3.94. The minimum atomic E-state index is -0.297. The third kappa shape index (κ3) is 8.15. The first-order valence-electron chi connectivity index (χ1n) is 11.1. The number of nitrogens with zero attached hydrogens (tertiary/aromatic N) is 1. The number of halogens is 2. The second kappa shape index (κ2) is 13.5. The summed E-state index contributed by atoms with van der Waals surface area (Å²) in [6, 6.07) is 10.1. The van der Waals surface area contributed by atoms with Crippen molar-refractivity contribution >= 4 is 17.6 Å². The van der Waals surface area contributed by atoms with Gasteiger partial charge in [-0.15, -0.1) is 0 Å². The van der Waals surface area contributed by atoms with E-state index in [-0.39, 0.29) is 29.9 Å². The molecule has 1 heterocycles. The Kier molecular flexibility index (Phi) is 11.1. The van der Waals surface area contributed by atoms with Gasteiger partial charge in [0.1, 0.15) is 5.82 Å². The highest BCUT2D eigenvalue weighted by Crippen LogP contribution is 2.28. The lowest BCUT2D eigenvalue weighted by molar-refractivity contribution is -0.147. The molecule has 7 heteroatoms. The van der Waals surface area contributed by atoms with Crippen LogP contribution in [0.4, 0.5) is 4.39 Å². The Bertz CT molecular complexity index is 815. The summed E-state index contributed by atoms with van der Waals surface area (Å²) in [6.07, 6.45) is 4.35. The molecular weight excluding hydrogens is 431 g/mol. The quantitative estimate of drug-likeness (QED) is 0.295. The van der Waals surface area contributed by atoms with Crippen LogP contribution in [0.15, 0.2) is 42.6 Å². The molecule has 2 rings (SSSR count). The maximum Gasteiger partial charge on any atom is 0.308 e. The van der Waals surface area contributed by atoms with Crippen LogP contribution in [0.2, 0.25) is 5.02 Å². The molecule has 0 spiro atoms. The van der Waals surface area contributed by atoms with Gasteiger partial charge < -0.3 is 14.8 Å². The van der Waals surface area contributed by atoms with Crippen molar-refractivity contribution in [2.75, 3.05) is 20.8 Å². The minimum absolute atomic E-state index is 0.139. The van der Waals surface area contributed by atoms with E-state index in [2.05, 4.69) is 24.1 Å². The monoisotopic (exact) mass is 464 g/mol. The molecule has 1 aromatic heterocycles. The molecule has 0 saturated heterocycles. The Morgan fingerprint density at radius 2 is 1.84 bits per heavy atom. The zero-order chi connectivity index (χ0) is 23.5. The van der Waals surface area contributed by atoms with Crippen molar-refractivity contribution in [3.05, 3.63) is 64.7 Å². The van der Waals surface area contributed by atoms with E-state index in [4.69, 9.17) is 21.1 Å². The molecular formula is C25H34ClFN2O3. The summed E-state index contributed by atoms with van der Waals surface area (Å²) in [5.74, 6) is -0.444. The molecule has 0 aliphatic rings. The summed E-state index contributed by atoms with van der Waals surface area (Å²) in [5.41, 5.74) is 1.82. The summed E-state index contributed by atoms with van der Waals surface area (Å²) < 4.78 is 23.8. The summed E-state index contributed by atoms with van der Waals surface area (Å²) in [5, 5.41) is 4.20. The van der Waals surface area contributed by atoms with Gasteiger partial charge in [-0.25, -0.2) is 4.39 Å². The molecule has 3 atom stereocenters. The lowest BCUT2D eigenvalue weighted by Gasteiger charge is -2.23. The van der Waals surface area contributed by atoms with Gasteiger partial charge in [-0.3, -0.25) is 9.78 Å². The summed E-state index contributed by atoms with van der Waals surface area (Å²) in [7, 11) is 3.01. The predicted octanol–water partition coefficient (Wildman–Crippen LogP) is 5.90. The number of unbranched alkanes of at least 4 members (excludes halogenated alkanes) is 1. The molecule has 5 nitrogen and oxygen atoms in total. The first-order valence-corrected chi connectivity index (χ1v) is 11.4. The molecule has 0 fully saturated rings. The highest BCUT2D eigenvalue weighted by atomic mass is 35.5. The van der Waals surface area contributed by atoms with Gasteiger partial charge in [-0.05, 0) is 61.6 Å². The average Bonchev–Trinajstić information content (AvgIpc) is 2.79. The molecule has 0 amide bonds. The number of ether oxygens (including phenoxy) is 2. The first kappa shape index (κ1) is 26.2. The molecule has 0 aliphatic heterocycles. The van der Waals surface area contributed by atoms with E-state index in [0.717, 1.165) is 30.6 Å². The Labute approximate surface area is 195 Å². The highest BCUT2D eigenvalue weighted by molar-refractivity contribution is 6.30. The minimum Gasteiger partial charge on any atom is -0.469 e. The lowest BCUT2D eigenvalue weighted by Crippen LogP contribution is -2.27. The summed E-state index contributed by atoms with van der Waals surface area (Å²) in [6.45, 7) is 5.12. The molecule has 3 unspecified atom stereocenters. The van der Waals surface area contributed by atoms with Gasteiger partial charge in [-0.1, -0.05) is 44.0 Å². The van der Waals surface area contributed by atoms with Gasteiger partial charge in [0.05, 0.1) is 35.9 Å². The smallest absolute Gasteiger partial charge is 0.308 e. The number of carbonyl (C=O) groups excluding carboxylic acids is 1. The van der Waals surface area contributed by atoms with Crippen LogP contribution in [0.1, 0.15) is 62.9 Å². The van der Waals surface area contributed by atoms with Crippen LogP contribution in [0.3, 0.4) is 0 Å². The van der Waals surface area contributed by atoms with Crippen molar-refractivity contribution in [1.82, 2.24) is 10.3 Å². The van der Waals surface area contributed by atoms with Crippen molar-refractivity contribution < 1.29 is 18.7 Å². The van der Waals surface area contributed by atoms with E-state index < -0.39 is 0 Å². The van der Waals surface area contributed by atoms with Crippen molar-refractivity contribution in [3.63, 3.8) is 0 Å². The van der Waals surface area contributed by atoms with Gasteiger partial charge in [0.2, 0.25) is 0 Å². The third-order valence-electron chi connectivity index (χ3n) is 5.64. The van der Waals surface area contributed by atoms with Crippen molar-refractivity contribution in [2.24, 2.45) is 11.8 Å². The standard InChI is InChI=1S/C25H34ClFN2O3/c1-17(2)24(22-13-10-20(26)16-29-22)28-14-6-5-7-19(25(30)32-4)15-23(31-3)18-8-11-21(27)12-9-18/h8-13,16-17,19,23-24,28H,5-7,14-15H2,1-4H3. The zero-order valence-electron chi connectivity index (χ0n) is 19.3. The molecule has 0 bridgehead atoms. The van der Waals surface area contributed by atoms with Crippen molar-refractivity contribution in [2.45, 2.75) is 51.7 Å². The highest BCUT2D eigenvalue weighted by Gasteiger charge is 2.25. The third-order valence-corrected chi connectivity index (χ3v) is 5.86. The van der Waals surface area contributed by atoms with E-state index in [9.17, 15) is 9.18 Å². The van der Waals surface area contributed by atoms with Crippen LogP contribution in [0.5, 0.6) is 0 Å². The normalized spacial score (nSPS) is 14.2. The second-order valence-corrected chi connectivity index (χ2v) is 8.74. The topological polar surface area (TPSA) is 60.5 Å². The lowest BCUT2D eigenvalue weighted by atomic mass is 9.92. The largest absolute Gasteiger partial charge is 0.469 e. The van der Waals surface area contributed by atoms with E-state index >= 15 is 0 Å². The predicted molar refractivity (Wildman–Crippen MR) is 125 cm³/mol. The summed E-state index contributed by atoms with van der Waals surface area (Å²) >= 11 is 5.95. The fourth-order valence-electron chi connectivity index (χ4n) is 3.83. The number of nitrogens with one attached hydrogen (secondary N) is 1. The number of methoxy groups -OCH3 is 2. The maximum absolute atomic E-state index is 13.2. The van der Waals surface area contributed by atoms with E-state index in [1.165, 1.54) is 19.2 Å². The number of carbonyl (C=O) groups is 1. The van der Waals surface area contributed by atoms with Crippen molar-refractivity contribution in [1.29, 1.82) is 0 Å². The average molecular weight is 465 g/mol. The number of rotatable bonds is 13. The van der Waals surface area contributed by atoms with Gasteiger partial charge in [0, 0.05) is 13.3 Å². The molecule has 176 valence electrons. The summed E-state index contributed by atoms with van der Waals surface area (Å²) in [4.78, 5) is 16.8. The molecule has 1 N–H and O–H groups in total. The van der Waals surface area contributed by atoms with Crippen LogP contribution in [-0.2, 0) is 14.3 Å². The first-order chi connectivity index (χ1) is 15.3. The number of benzene rings is 1. The van der Waals surface area contributed by atoms with Gasteiger partial charge in [-0.2, -0.15) is 0 Å². The molecule has 0 radical (unpaired) electrons. The number of hydrogen-bond acceptors (Lipinski definition) is 5.